The largest absolute Gasteiger partial charge is 0.314 e. The van der Waals surface area contributed by atoms with Crippen LogP contribution in [0.1, 0.15) is 45.4 Å². The van der Waals surface area contributed by atoms with Crippen molar-refractivity contribution in [2.45, 2.75) is 51.0 Å². The lowest BCUT2D eigenvalue weighted by atomic mass is 9.91. The first-order valence-electron chi connectivity index (χ1n) is 4.87. The summed E-state index contributed by atoms with van der Waals surface area (Å²) in [4.78, 5) is 10.8. The minimum absolute atomic E-state index is 0.297. The van der Waals surface area contributed by atoms with Crippen LogP contribution in [-0.2, 0) is 4.79 Å². The molecule has 0 saturated heterocycles. The molecule has 1 fully saturated rings. The van der Waals surface area contributed by atoms with E-state index < -0.39 is 0 Å². The normalized spacial score (nSPS) is 21.2. The van der Waals surface area contributed by atoms with Crippen LogP contribution in [0.3, 0.4) is 0 Å². The molecule has 0 aliphatic heterocycles. The molecular formula is C10H19NO. The molecule has 2 heteroatoms. The fourth-order valence-electron chi connectivity index (χ4n) is 2.09. The van der Waals surface area contributed by atoms with E-state index in [-0.39, 0.29) is 0 Å². The van der Waals surface area contributed by atoms with Crippen molar-refractivity contribution < 1.29 is 4.79 Å². The van der Waals surface area contributed by atoms with Crippen LogP contribution in [0.5, 0.6) is 0 Å². The van der Waals surface area contributed by atoms with Gasteiger partial charge in [-0.2, -0.15) is 0 Å². The quantitative estimate of drug-likeness (QED) is 0.696. The van der Waals surface area contributed by atoms with Gasteiger partial charge in [0.2, 0.25) is 0 Å². The van der Waals surface area contributed by atoms with Crippen molar-refractivity contribution in [2.24, 2.45) is 0 Å². The van der Waals surface area contributed by atoms with Crippen LogP contribution in [0, 0.1) is 0 Å². The summed E-state index contributed by atoms with van der Waals surface area (Å²) in [6.07, 6.45) is 6.89. The molecule has 12 heavy (non-hydrogen) atoms. The molecule has 0 unspecified atom stereocenters. The number of hydrogen-bond acceptors (Lipinski definition) is 2. The molecule has 0 aromatic carbocycles. The predicted octanol–water partition coefficient (Wildman–Crippen LogP) is 1.89. The first-order chi connectivity index (χ1) is 5.68. The highest BCUT2D eigenvalue weighted by atomic mass is 16.1. The molecule has 1 aliphatic rings. The molecular weight excluding hydrogens is 150 g/mol. The molecule has 70 valence electrons. The maximum absolute atomic E-state index is 10.8. The lowest BCUT2D eigenvalue weighted by molar-refractivity contribution is -0.117. The number of rotatable bonds is 4. The maximum atomic E-state index is 10.8. The average molecular weight is 169 g/mol. The Balaban J connectivity index is 2.39. The van der Waals surface area contributed by atoms with E-state index in [0.29, 0.717) is 11.3 Å². The number of ketones is 1. The molecule has 0 heterocycles. The van der Waals surface area contributed by atoms with E-state index in [1.807, 2.05) is 7.05 Å². The Hall–Kier alpha value is -0.370. The van der Waals surface area contributed by atoms with E-state index in [1.165, 1.54) is 25.7 Å². The zero-order chi connectivity index (χ0) is 9.03. The van der Waals surface area contributed by atoms with Crippen LogP contribution in [0.25, 0.3) is 0 Å². The number of Topliss-reactive ketones (excluding diaryl/α,β-unsaturated/α-hetero) is 1. The second kappa shape index (κ2) is 4.04. The number of hydrogen-bond donors (Lipinski definition) is 1. The molecule has 0 spiro atoms. The van der Waals surface area contributed by atoms with Gasteiger partial charge in [-0.05, 0) is 33.2 Å². The van der Waals surface area contributed by atoms with Crippen molar-refractivity contribution in [3.63, 3.8) is 0 Å². The monoisotopic (exact) mass is 169 g/mol. The molecule has 0 aromatic rings. The molecule has 0 bridgehead atoms. The lowest BCUT2D eigenvalue weighted by Crippen LogP contribution is -2.40. The molecule has 2 nitrogen and oxygen atoms in total. The van der Waals surface area contributed by atoms with E-state index in [0.717, 1.165) is 12.8 Å². The zero-order valence-electron chi connectivity index (χ0n) is 8.15. The minimum atomic E-state index is 0.297. The zero-order valence-corrected chi connectivity index (χ0v) is 8.15. The lowest BCUT2D eigenvalue weighted by Gasteiger charge is -2.28. The van der Waals surface area contributed by atoms with Crippen molar-refractivity contribution >= 4 is 5.78 Å². The van der Waals surface area contributed by atoms with Gasteiger partial charge in [0, 0.05) is 12.0 Å². The van der Waals surface area contributed by atoms with E-state index in [9.17, 15) is 4.79 Å². The molecule has 0 atom stereocenters. The second-order valence-electron chi connectivity index (χ2n) is 3.94. The van der Waals surface area contributed by atoms with Crippen molar-refractivity contribution in [3.05, 3.63) is 0 Å². The summed E-state index contributed by atoms with van der Waals surface area (Å²) in [7, 11) is 2.02. The third-order valence-electron chi connectivity index (χ3n) is 3.05. The van der Waals surface area contributed by atoms with Crippen molar-refractivity contribution in [1.29, 1.82) is 0 Å². The van der Waals surface area contributed by atoms with E-state index in [1.54, 1.807) is 6.92 Å². The van der Waals surface area contributed by atoms with Gasteiger partial charge in [-0.15, -0.1) is 0 Å². The molecule has 1 rings (SSSR count). The molecule has 0 aromatic heterocycles. The SMILES string of the molecule is CNC1(CCC(C)=O)CCCC1. The van der Waals surface area contributed by atoms with Crippen molar-refractivity contribution in [2.75, 3.05) is 7.05 Å². The van der Waals surface area contributed by atoms with Gasteiger partial charge in [-0.3, -0.25) is 0 Å². The van der Waals surface area contributed by atoms with Gasteiger partial charge in [-0.1, -0.05) is 12.8 Å². The molecule has 0 radical (unpaired) electrons. The molecule has 0 amide bonds. The molecule has 1 aliphatic carbocycles. The topological polar surface area (TPSA) is 29.1 Å². The third-order valence-corrected chi connectivity index (χ3v) is 3.05. The van der Waals surface area contributed by atoms with E-state index in [2.05, 4.69) is 5.32 Å². The van der Waals surface area contributed by atoms with Gasteiger partial charge in [0.1, 0.15) is 5.78 Å². The van der Waals surface area contributed by atoms with E-state index in [4.69, 9.17) is 0 Å². The van der Waals surface area contributed by atoms with Crippen LogP contribution >= 0.6 is 0 Å². The summed E-state index contributed by atoms with van der Waals surface area (Å²) in [5.41, 5.74) is 0.297. The first-order valence-corrected chi connectivity index (χ1v) is 4.87. The second-order valence-corrected chi connectivity index (χ2v) is 3.94. The Labute approximate surface area is 74.7 Å². The molecule has 1 N–H and O–H groups in total. The van der Waals surface area contributed by atoms with Gasteiger partial charge < -0.3 is 10.1 Å². The number of carbonyl (C=O) groups is 1. The number of carbonyl (C=O) groups excluding carboxylic acids is 1. The van der Waals surface area contributed by atoms with Gasteiger partial charge in [0.05, 0.1) is 0 Å². The van der Waals surface area contributed by atoms with Gasteiger partial charge in [0.25, 0.3) is 0 Å². The highest BCUT2D eigenvalue weighted by Crippen LogP contribution is 2.33. The Morgan fingerprint density at radius 1 is 1.42 bits per heavy atom. The Morgan fingerprint density at radius 2 is 2.00 bits per heavy atom. The smallest absolute Gasteiger partial charge is 0.129 e. The third kappa shape index (κ3) is 2.31. The van der Waals surface area contributed by atoms with Crippen LogP contribution < -0.4 is 5.32 Å². The molecule has 1 saturated carbocycles. The van der Waals surface area contributed by atoms with Crippen LogP contribution in [0.2, 0.25) is 0 Å². The Bertz CT molecular complexity index is 159. The maximum Gasteiger partial charge on any atom is 0.129 e. The summed E-state index contributed by atoms with van der Waals surface area (Å²) < 4.78 is 0. The average Bonchev–Trinajstić information content (AvgIpc) is 2.50. The van der Waals surface area contributed by atoms with Crippen LogP contribution in [0.15, 0.2) is 0 Å². The highest BCUT2D eigenvalue weighted by Gasteiger charge is 2.31. The van der Waals surface area contributed by atoms with Crippen molar-refractivity contribution in [1.82, 2.24) is 5.32 Å². The van der Waals surface area contributed by atoms with Crippen LogP contribution in [-0.4, -0.2) is 18.4 Å². The Kier molecular flexibility index (Phi) is 3.27. The van der Waals surface area contributed by atoms with Gasteiger partial charge >= 0.3 is 0 Å². The first kappa shape index (κ1) is 9.72. The summed E-state index contributed by atoms with van der Waals surface area (Å²) in [5.74, 6) is 0.316. The fraction of sp³-hybridized carbons (Fsp3) is 0.900. The van der Waals surface area contributed by atoms with E-state index >= 15 is 0 Å². The van der Waals surface area contributed by atoms with Gasteiger partial charge in [0.15, 0.2) is 0 Å². The summed E-state index contributed by atoms with van der Waals surface area (Å²) in [6.45, 7) is 1.68. The fourth-order valence-corrected chi connectivity index (χ4v) is 2.09. The summed E-state index contributed by atoms with van der Waals surface area (Å²) in [6, 6.07) is 0. The van der Waals surface area contributed by atoms with Crippen molar-refractivity contribution in [3.8, 4) is 0 Å². The Morgan fingerprint density at radius 3 is 2.42 bits per heavy atom. The summed E-state index contributed by atoms with van der Waals surface area (Å²) >= 11 is 0. The highest BCUT2D eigenvalue weighted by molar-refractivity contribution is 5.75. The summed E-state index contributed by atoms with van der Waals surface area (Å²) in [5, 5.41) is 3.38. The number of nitrogens with one attached hydrogen (secondary N) is 1. The van der Waals surface area contributed by atoms with Gasteiger partial charge in [-0.25, -0.2) is 0 Å². The predicted molar refractivity (Wildman–Crippen MR) is 50.2 cm³/mol. The standard InChI is InChI=1S/C10H19NO/c1-9(12)5-8-10(11-2)6-3-4-7-10/h11H,3-8H2,1-2H3. The minimum Gasteiger partial charge on any atom is -0.314 e. The van der Waals surface area contributed by atoms with Crippen LogP contribution in [0.4, 0.5) is 0 Å².